The number of nitrogens with two attached hydrogens (primary N) is 1. The molecule has 0 saturated carbocycles. The van der Waals surface area contributed by atoms with Gasteiger partial charge in [0.1, 0.15) is 11.0 Å². The highest BCUT2D eigenvalue weighted by molar-refractivity contribution is 7.08. The van der Waals surface area contributed by atoms with Gasteiger partial charge in [-0.15, -0.1) is 0 Å². The molecule has 120 valence electrons. The minimum absolute atomic E-state index is 0.678. The van der Waals surface area contributed by atoms with Crippen molar-refractivity contribution < 1.29 is 0 Å². The summed E-state index contributed by atoms with van der Waals surface area (Å²) in [6.07, 6.45) is 1.71. The second-order valence-electron chi connectivity index (χ2n) is 5.62. The molecule has 0 atom stereocenters. The average molecular weight is 336 g/mol. The number of aromatic amines is 1. The maximum atomic E-state index is 5.98. The van der Waals surface area contributed by atoms with E-state index in [4.69, 9.17) is 5.73 Å². The molecule has 0 unspecified atom stereocenters. The number of nitrogens with one attached hydrogen (secondary N) is 2. The molecule has 4 rings (SSSR count). The third-order valence-corrected chi connectivity index (χ3v) is 4.84. The lowest BCUT2D eigenvalue weighted by Gasteiger charge is -2.13. The summed E-state index contributed by atoms with van der Waals surface area (Å²) >= 11 is 1.62. The minimum atomic E-state index is 0.678. The van der Waals surface area contributed by atoms with Crippen molar-refractivity contribution in [2.24, 2.45) is 0 Å². The molecule has 0 spiro atoms. The molecular formula is C17H16N6S. The molecule has 0 fully saturated rings. The Kier molecular flexibility index (Phi) is 3.42. The fraction of sp³-hybridized carbons (Fsp3) is 0.118. The van der Waals surface area contributed by atoms with Crippen molar-refractivity contribution in [3.8, 4) is 11.4 Å². The molecule has 0 bridgehead atoms. The van der Waals surface area contributed by atoms with Crippen LogP contribution < -0.4 is 11.1 Å². The van der Waals surface area contributed by atoms with Crippen molar-refractivity contribution in [3.05, 3.63) is 46.3 Å². The molecular weight excluding hydrogens is 320 g/mol. The van der Waals surface area contributed by atoms with Crippen molar-refractivity contribution in [2.45, 2.75) is 13.8 Å². The van der Waals surface area contributed by atoms with E-state index in [1.807, 2.05) is 42.8 Å². The van der Waals surface area contributed by atoms with Crippen LogP contribution in [0.2, 0.25) is 0 Å². The third kappa shape index (κ3) is 2.39. The molecule has 4 N–H and O–H groups in total. The smallest absolute Gasteiger partial charge is 0.163 e. The van der Waals surface area contributed by atoms with Gasteiger partial charge in [0.2, 0.25) is 0 Å². The summed E-state index contributed by atoms with van der Waals surface area (Å²) in [5, 5.41) is 14.5. The number of aromatic nitrogens is 4. The van der Waals surface area contributed by atoms with Gasteiger partial charge in [0.25, 0.3) is 0 Å². The summed E-state index contributed by atoms with van der Waals surface area (Å²) in [6.45, 7) is 4.05. The van der Waals surface area contributed by atoms with Crippen LogP contribution in [-0.4, -0.2) is 20.2 Å². The molecule has 0 saturated heterocycles. The van der Waals surface area contributed by atoms with Crippen LogP contribution >= 0.6 is 11.3 Å². The Bertz CT molecular complexity index is 1020. The largest absolute Gasteiger partial charge is 0.399 e. The maximum Gasteiger partial charge on any atom is 0.163 e. The van der Waals surface area contributed by atoms with Crippen LogP contribution in [0.3, 0.4) is 0 Å². The number of fused-ring (bicyclic) bond motifs is 1. The van der Waals surface area contributed by atoms with Gasteiger partial charge in [-0.25, -0.2) is 9.97 Å². The normalized spacial score (nSPS) is 11.1. The molecule has 0 radical (unpaired) electrons. The second-order valence-corrected chi connectivity index (χ2v) is 6.40. The lowest BCUT2D eigenvalue weighted by atomic mass is 10.1. The van der Waals surface area contributed by atoms with Crippen molar-refractivity contribution >= 4 is 39.6 Å². The summed E-state index contributed by atoms with van der Waals surface area (Å²) in [5.74, 6) is 1.38. The van der Waals surface area contributed by atoms with E-state index in [0.717, 1.165) is 39.1 Å². The molecule has 1 aromatic carbocycles. The number of thiophene rings is 1. The van der Waals surface area contributed by atoms with E-state index in [1.54, 1.807) is 17.5 Å². The van der Waals surface area contributed by atoms with Gasteiger partial charge in [-0.2, -0.15) is 16.4 Å². The topological polar surface area (TPSA) is 92.5 Å². The second kappa shape index (κ2) is 5.61. The van der Waals surface area contributed by atoms with E-state index in [9.17, 15) is 0 Å². The van der Waals surface area contributed by atoms with Gasteiger partial charge in [-0.3, -0.25) is 5.10 Å². The van der Waals surface area contributed by atoms with Crippen molar-refractivity contribution in [3.63, 3.8) is 0 Å². The van der Waals surface area contributed by atoms with Crippen molar-refractivity contribution in [1.29, 1.82) is 0 Å². The monoisotopic (exact) mass is 336 g/mol. The molecule has 24 heavy (non-hydrogen) atoms. The first kappa shape index (κ1) is 14.6. The summed E-state index contributed by atoms with van der Waals surface area (Å²) in [5.41, 5.74) is 12.4. The summed E-state index contributed by atoms with van der Waals surface area (Å²) in [6, 6.07) is 5.87. The highest BCUT2D eigenvalue weighted by Gasteiger charge is 2.13. The van der Waals surface area contributed by atoms with Gasteiger partial charge in [0.05, 0.1) is 6.20 Å². The predicted octanol–water partition coefficient (Wildman–Crippen LogP) is 4.02. The van der Waals surface area contributed by atoms with E-state index in [-0.39, 0.29) is 0 Å². The number of hydrogen-bond acceptors (Lipinski definition) is 6. The summed E-state index contributed by atoms with van der Waals surface area (Å²) in [4.78, 5) is 9.26. The van der Waals surface area contributed by atoms with Crippen LogP contribution in [-0.2, 0) is 0 Å². The zero-order chi connectivity index (χ0) is 16.7. The number of nitrogen functional groups attached to an aromatic ring is 1. The zero-order valence-electron chi connectivity index (χ0n) is 13.3. The quantitative estimate of drug-likeness (QED) is 0.491. The fourth-order valence-corrected chi connectivity index (χ4v) is 3.19. The standard InChI is InChI=1S/C17H16N6S/c1-9-10(2)13(4-3-12(9)18)20-17-15-14(7-19-23-15)21-16(22-17)11-5-6-24-8-11/h3-8H,18H2,1-2H3,(H,19,23)(H,20,21,22). The highest BCUT2D eigenvalue weighted by atomic mass is 32.1. The number of H-pyrrole nitrogens is 1. The van der Waals surface area contributed by atoms with E-state index in [2.05, 4.69) is 25.5 Å². The van der Waals surface area contributed by atoms with Gasteiger partial charge in [0, 0.05) is 22.3 Å². The number of rotatable bonds is 3. The molecule has 4 aromatic rings. The van der Waals surface area contributed by atoms with Gasteiger partial charge < -0.3 is 11.1 Å². The number of anilines is 3. The summed E-state index contributed by atoms with van der Waals surface area (Å²) < 4.78 is 0. The van der Waals surface area contributed by atoms with Gasteiger partial charge >= 0.3 is 0 Å². The molecule has 3 heterocycles. The number of nitrogens with zero attached hydrogens (tertiary/aromatic N) is 3. The van der Waals surface area contributed by atoms with E-state index < -0.39 is 0 Å². The van der Waals surface area contributed by atoms with Crippen LogP contribution in [0, 0.1) is 13.8 Å². The van der Waals surface area contributed by atoms with E-state index in [0.29, 0.717) is 11.6 Å². The lowest BCUT2D eigenvalue weighted by molar-refractivity contribution is 1.11. The molecule has 7 heteroatoms. The highest BCUT2D eigenvalue weighted by Crippen LogP contribution is 2.30. The molecule has 0 aliphatic heterocycles. The Balaban J connectivity index is 1.84. The fourth-order valence-electron chi connectivity index (χ4n) is 2.56. The zero-order valence-corrected chi connectivity index (χ0v) is 14.1. The number of hydrogen-bond donors (Lipinski definition) is 3. The van der Waals surface area contributed by atoms with Crippen LogP contribution in [0.4, 0.5) is 17.2 Å². The first-order valence-corrected chi connectivity index (χ1v) is 8.44. The first-order valence-electron chi connectivity index (χ1n) is 7.50. The Morgan fingerprint density at radius 2 is 2.00 bits per heavy atom. The van der Waals surface area contributed by atoms with Gasteiger partial charge in [-0.1, -0.05) is 0 Å². The van der Waals surface area contributed by atoms with Gasteiger partial charge in [-0.05, 0) is 48.6 Å². The summed E-state index contributed by atoms with van der Waals surface area (Å²) in [7, 11) is 0. The van der Waals surface area contributed by atoms with E-state index >= 15 is 0 Å². The van der Waals surface area contributed by atoms with Crippen molar-refractivity contribution in [1.82, 2.24) is 20.2 Å². The number of benzene rings is 1. The molecule has 3 aromatic heterocycles. The van der Waals surface area contributed by atoms with Crippen molar-refractivity contribution in [2.75, 3.05) is 11.1 Å². The minimum Gasteiger partial charge on any atom is -0.399 e. The average Bonchev–Trinajstić information content (AvgIpc) is 3.26. The first-order chi connectivity index (χ1) is 11.6. The van der Waals surface area contributed by atoms with Crippen LogP contribution in [0.5, 0.6) is 0 Å². The Labute approximate surface area is 142 Å². The SMILES string of the molecule is Cc1c(N)ccc(Nc2nc(-c3ccsc3)nc3cn[nH]c23)c1C. The Morgan fingerprint density at radius 1 is 1.12 bits per heavy atom. The molecule has 0 aliphatic rings. The lowest BCUT2D eigenvalue weighted by Crippen LogP contribution is -2.02. The molecule has 0 amide bonds. The van der Waals surface area contributed by atoms with Gasteiger partial charge in [0.15, 0.2) is 11.6 Å². The Morgan fingerprint density at radius 3 is 2.79 bits per heavy atom. The van der Waals surface area contributed by atoms with Crippen LogP contribution in [0.15, 0.2) is 35.2 Å². The predicted molar refractivity (Wildman–Crippen MR) is 98.6 cm³/mol. The molecule has 6 nitrogen and oxygen atoms in total. The van der Waals surface area contributed by atoms with E-state index in [1.165, 1.54) is 0 Å². The Hall–Kier alpha value is -2.93. The third-order valence-electron chi connectivity index (χ3n) is 4.16. The molecule has 0 aliphatic carbocycles. The van der Waals surface area contributed by atoms with Crippen LogP contribution in [0.25, 0.3) is 22.4 Å². The maximum absolute atomic E-state index is 5.98. The van der Waals surface area contributed by atoms with Crippen LogP contribution in [0.1, 0.15) is 11.1 Å².